The molecule has 1 atom stereocenters. The van der Waals surface area contributed by atoms with Crippen molar-refractivity contribution in [3.05, 3.63) is 99.0 Å². The molecule has 1 unspecified atom stereocenters. The van der Waals surface area contributed by atoms with Gasteiger partial charge >= 0.3 is 0 Å². The predicted octanol–water partition coefficient (Wildman–Crippen LogP) is 5.39. The van der Waals surface area contributed by atoms with Gasteiger partial charge in [0.2, 0.25) is 11.8 Å². The number of rotatable bonds is 12. The number of unbranched alkanes of at least 4 members (excludes halogenated alkanes) is 1. The lowest BCUT2D eigenvalue weighted by molar-refractivity contribution is -0.127. The summed E-state index contributed by atoms with van der Waals surface area (Å²) in [5, 5.41) is 2.95. The molecule has 3 amide bonds. The third-order valence-electron chi connectivity index (χ3n) is 7.97. The quantitative estimate of drug-likeness (QED) is 0.254. The van der Waals surface area contributed by atoms with Gasteiger partial charge in [0.1, 0.15) is 17.7 Å². The Bertz CT molecular complexity index is 1440. The number of carbonyl (C=O) groups is 3. The smallest absolute Gasteiger partial charge is 0.253 e. The topological polar surface area (TPSA) is 99.0 Å². The van der Waals surface area contributed by atoms with E-state index in [1.807, 2.05) is 0 Å². The number of primary amides is 1. The van der Waals surface area contributed by atoms with Gasteiger partial charge in [0.25, 0.3) is 5.91 Å². The molecule has 3 aromatic rings. The third kappa shape index (κ3) is 9.23. The van der Waals surface area contributed by atoms with Crippen LogP contribution in [-0.4, -0.2) is 85.3 Å². The Morgan fingerprint density at radius 3 is 2.00 bits per heavy atom. The second kappa shape index (κ2) is 15.6. The first-order chi connectivity index (χ1) is 21.4. The zero-order valence-electron chi connectivity index (χ0n) is 25.2. The number of halogens is 4. The van der Waals surface area contributed by atoms with E-state index >= 15 is 0 Å². The minimum absolute atomic E-state index is 0.00777. The normalized spacial score (nSPS) is 15.7. The van der Waals surface area contributed by atoms with Crippen molar-refractivity contribution in [3.63, 3.8) is 0 Å². The molecule has 45 heavy (non-hydrogen) atoms. The van der Waals surface area contributed by atoms with Crippen LogP contribution in [0.1, 0.15) is 46.7 Å². The van der Waals surface area contributed by atoms with E-state index in [-0.39, 0.29) is 45.7 Å². The molecule has 1 aliphatic heterocycles. The SMILES string of the molecule is CN(C)C(=O)c1cc(Cl)c(NC(=O)CN2CCN(CCCCC(c3ccc(F)cc3)c3ccc(F)cc3)CC2C(N)=O)c(Cl)c1. The van der Waals surface area contributed by atoms with Gasteiger partial charge in [-0.25, -0.2) is 8.78 Å². The highest BCUT2D eigenvalue weighted by molar-refractivity contribution is 6.40. The van der Waals surface area contributed by atoms with Crippen LogP contribution in [0.4, 0.5) is 14.5 Å². The lowest BCUT2D eigenvalue weighted by atomic mass is 9.87. The molecule has 3 aromatic carbocycles. The molecule has 240 valence electrons. The summed E-state index contributed by atoms with van der Waals surface area (Å²) in [5.41, 5.74) is 8.14. The van der Waals surface area contributed by atoms with Gasteiger partial charge in [-0.1, -0.05) is 53.9 Å². The summed E-state index contributed by atoms with van der Waals surface area (Å²) >= 11 is 12.7. The predicted molar refractivity (Wildman–Crippen MR) is 173 cm³/mol. The highest BCUT2D eigenvalue weighted by Crippen LogP contribution is 2.33. The van der Waals surface area contributed by atoms with Crippen LogP contribution in [0, 0.1) is 11.6 Å². The van der Waals surface area contributed by atoms with E-state index in [2.05, 4.69) is 10.2 Å². The maximum Gasteiger partial charge on any atom is 0.253 e. The number of nitrogens with two attached hydrogens (primary N) is 1. The molecule has 0 saturated carbocycles. The first kappa shape index (κ1) is 34.3. The van der Waals surface area contributed by atoms with E-state index in [1.165, 1.54) is 41.3 Å². The number of piperazine rings is 1. The van der Waals surface area contributed by atoms with E-state index < -0.39 is 17.9 Å². The van der Waals surface area contributed by atoms with Gasteiger partial charge in [-0.2, -0.15) is 0 Å². The first-order valence-electron chi connectivity index (χ1n) is 14.7. The molecule has 12 heteroatoms. The number of nitrogens with one attached hydrogen (secondary N) is 1. The molecule has 0 aliphatic carbocycles. The van der Waals surface area contributed by atoms with Gasteiger partial charge in [0.15, 0.2) is 0 Å². The lowest BCUT2D eigenvalue weighted by Crippen LogP contribution is -2.59. The summed E-state index contributed by atoms with van der Waals surface area (Å²) in [6, 6.07) is 15.0. The van der Waals surface area contributed by atoms with E-state index in [0.717, 1.165) is 36.9 Å². The number of nitrogens with zero attached hydrogens (tertiary/aromatic N) is 3. The molecule has 0 aromatic heterocycles. The fourth-order valence-electron chi connectivity index (χ4n) is 5.58. The van der Waals surface area contributed by atoms with Crippen LogP contribution < -0.4 is 11.1 Å². The summed E-state index contributed by atoms with van der Waals surface area (Å²) in [4.78, 5) is 42.9. The lowest BCUT2D eigenvalue weighted by Gasteiger charge is -2.39. The number of benzene rings is 3. The van der Waals surface area contributed by atoms with E-state index in [1.54, 1.807) is 43.3 Å². The second-order valence-corrected chi connectivity index (χ2v) is 12.2. The van der Waals surface area contributed by atoms with Gasteiger partial charge in [0.05, 0.1) is 22.3 Å². The Labute approximate surface area is 272 Å². The monoisotopic (exact) mass is 659 g/mol. The van der Waals surface area contributed by atoms with Crippen molar-refractivity contribution in [1.82, 2.24) is 14.7 Å². The largest absolute Gasteiger partial charge is 0.368 e. The fourth-order valence-corrected chi connectivity index (χ4v) is 6.16. The molecule has 0 spiro atoms. The zero-order valence-corrected chi connectivity index (χ0v) is 26.8. The number of anilines is 1. The summed E-state index contributed by atoms with van der Waals surface area (Å²) in [6.07, 6.45) is 2.48. The molecular formula is C33H37Cl2F2N5O3. The molecule has 4 rings (SSSR count). The Balaban J connectivity index is 1.31. The third-order valence-corrected chi connectivity index (χ3v) is 8.57. The van der Waals surface area contributed by atoms with Crippen molar-refractivity contribution in [2.45, 2.75) is 31.2 Å². The zero-order chi connectivity index (χ0) is 32.7. The summed E-state index contributed by atoms with van der Waals surface area (Å²) in [7, 11) is 3.21. The average molecular weight is 661 g/mol. The molecule has 1 heterocycles. The van der Waals surface area contributed by atoms with Gasteiger partial charge in [-0.15, -0.1) is 0 Å². The highest BCUT2D eigenvalue weighted by atomic mass is 35.5. The Hall–Kier alpha value is -3.57. The second-order valence-electron chi connectivity index (χ2n) is 11.4. The highest BCUT2D eigenvalue weighted by Gasteiger charge is 2.32. The Kier molecular flexibility index (Phi) is 11.9. The molecule has 1 saturated heterocycles. The molecule has 0 bridgehead atoms. The van der Waals surface area contributed by atoms with Crippen molar-refractivity contribution in [2.24, 2.45) is 5.73 Å². The maximum absolute atomic E-state index is 13.6. The van der Waals surface area contributed by atoms with Crippen molar-refractivity contribution in [2.75, 3.05) is 52.1 Å². The van der Waals surface area contributed by atoms with Crippen molar-refractivity contribution < 1.29 is 23.2 Å². The molecule has 1 aliphatic rings. The van der Waals surface area contributed by atoms with Crippen LogP contribution in [0.2, 0.25) is 10.0 Å². The Morgan fingerprint density at radius 2 is 1.49 bits per heavy atom. The van der Waals surface area contributed by atoms with Crippen molar-refractivity contribution in [3.8, 4) is 0 Å². The minimum atomic E-state index is -0.665. The van der Waals surface area contributed by atoms with Crippen molar-refractivity contribution >= 4 is 46.6 Å². The summed E-state index contributed by atoms with van der Waals surface area (Å²) in [6.45, 7) is 2.10. The molecule has 1 fully saturated rings. The summed E-state index contributed by atoms with van der Waals surface area (Å²) in [5.74, 6) is -1.85. The summed E-state index contributed by atoms with van der Waals surface area (Å²) < 4.78 is 27.1. The van der Waals surface area contributed by atoms with E-state index in [9.17, 15) is 23.2 Å². The van der Waals surface area contributed by atoms with Gasteiger partial charge in [-0.05, 0) is 66.9 Å². The van der Waals surface area contributed by atoms with Gasteiger partial charge in [-0.3, -0.25) is 24.2 Å². The molecule has 3 N–H and O–H groups in total. The van der Waals surface area contributed by atoms with Crippen LogP contribution in [-0.2, 0) is 9.59 Å². The van der Waals surface area contributed by atoms with Gasteiger partial charge < -0.3 is 16.0 Å². The van der Waals surface area contributed by atoms with E-state index in [4.69, 9.17) is 28.9 Å². The van der Waals surface area contributed by atoms with Crippen LogP contribution in [0.5, 0.6) is 0 Å². The first-order valence-corrected chi connectivity index (χ1v) is 15.5. The minimum Gasteiger partial charge on any atom is -0.368 e. The van der Waals surface area contributed by atoms with E-state index in [0.29, 0.717) is 25.2 Å². The molecule has 0 radical (unpaired) electrons. The Morgan fingerprint density at radius 1 is 0.933 bits per heavy atom. The maximum atomic E-state index is 13.6. The van der Waals surface area contributed by atoms with Crippen LogP contribution in [0.15, 0.2) is 60.7 Å². The number of hydrogen-bond acceptors (Lipinski definition) is 5. The van der Waals surface area contributed by atoms with Crippen LogP contribution in [0.25, 0.3) is 0 Å². The van der Waals surface area contributed by atoms with Crippen molar-refractivity contribution in [1.29, 1.82) is 0 Å². The molecule has 8 nitrogen and oxygen atoms in total. The van der Waals surface area contributed by atoms with Crippen LogP contribution >= 0.6 is 23.2 Å². The standard InChI is InChI=1S/C33H37Cl2F2N5O3/c1-40(2)33(45)23-17-27(34)31(28(35)18-23)39-30(43)20-42-16-15-41(19-29(42)32(38)44)14-4-3-5-26(21-6-10-24(36)11-7-21)22-8-12-25(37)13-9-22/h6-13,17-18,26,29H,3-5,14-16,19-20H2,1-2H3,(H2,38,44)(H,39,43). The van der Waals surface area contributed by atoms with Crippen LogP contribution in [0.3, 0.4) is 0 Å². The van der Waals surface area contributed by atoms with Gasteiger partial charge in [0, 0.05) is 45.2 Å². The fraction of sp³-hybridized carbons (Fsp3) is 0.364. The number of carbonyl (C=O) groups excluding carboxylic acids is 3. The number of amides is 3. The number of hydrogen-bond donors (Lipinski definition) is 2. The average Bonchev–Trinajstić information content (AvgIpc) is 3.00. The molecular weight excluding hydrogens is 623 g/mol.